The van der Waals surface area contributed by atoms with Crippen molar-refractivity contribution in [3.8, 4) is 0 Å². The molecule has 0 bridgehead atoms. The van der Waals surface area contributed by atoms with Gasteiger partial charge in [0.25, 0.3) is 0 Å². The number of thioether (sulfide) groups is 1. The normalized spacial score (nSPS) is 13.6. The highest BCUT2D eigenvalue weighted by Gasteiger charge is 2.09. The minimum Gasteiger partial charge on any atom is -0.306 e. The van der Waals surface area contributed by atoms with Gasteiger partial charge in [0.2, 0.25) is 0 Å². The van der Waals surface area contributed by atoms with E-state index in [2.05, 4.69) is 49.9 Å². The summed E-state index contributed by atoms with van der Waals surface area (Å²) >= 11 is 1.92. The zero-order chi connectivity index (χ0) is 13.6. The molecule has 0 aliphatic carbocycles. The molecule has 0 spiro atoms. The van der Waals surface area contributed by atoms with Crippen molar-refractivity contribution in [2.45, 2.75) is 64.1 Å². The lowest BCUT2D eigenvalue weighted by Crippen LogP contribution is -2.35. The zero-order valence-corrected chi connectivity index (χ0v) is 13.0. The van der Waals surface area contributed by atoms with Gasteiger partial charge in [-0.25, -0.2) is 9.97 Å². The third-order valence-electron chi connectivity index (χ3n) is 2.63. The summed E-state index contributed by atoms with van der Waals surface area (Å²) in [4.78, 5) is 8.92. The molecule has 0 saturated heterocycles. The Bertz CT molecular complexity index is 360. The van der Waals surface area contributed by atoms with Gasteiger partial charge in [-0.3, -0.25) is 0 Å². The van der Waals surface area contributed by atoms with Crippen LogP contribution in [0.25, 0.3) is 0 Å². The van der Waals surface area contributed by atoms with E-state index < -0.39 is 0 Å². The second-order valence-electron chi connectivity index (χ2n) is 5.60. The van der Waals surface area contributed by atoms with Crippen molar-refractivity contribution in [3.05, 3.63) is 23.8 Å². The molecule has 1 aromatic heterocycles. The summed E-state index contributed by atoms with van der Waals surface area (Å²) in [7, 11) is 0. The molecule has 0 radical (unpaired) electrons. The number of hydrogen-bond acceptors (Lipinski definition) is 4. The van der Waals surface area contributed by atoms with Crippen LogP contribution < -0.4 is 5.32 Å². The van der Waals surface area contributed by atoms with Crippen LogP contribution in [0.15, 0.2) is 12.3 Å². The van der Waals surface area contributed by atoms with E-state index in [1.54, 1.807) is 0 Å². The van der Waals surface area contributed by atoms with Crippen molar-refractivity contribution >= 4 is 11.8 Å². The van der Waals surface area contributed by atoms with Crippen LogP contribution >= 0.6 is 11.8 Å². The van der Waals surface area contributed by atoms with Crippen molar-refractivity contribution in [2.24, 2.45) is 0 Å². The van der Waals surface area contributed by atoms with Crippen LogP contribution in [0.2, 0.25) is 0 Å². The molecule has 1 rings (SSSR count). The lowest BCUT2D eigenvalue weighted by molar-refractivity contribution is 0.421. The van der Waals surface area contributed by atoms with E-state index in [0.29, 0.717) is 5.25 Å². The molecule has 0 amide bonds. The van der Waals surface area contributed by atoms with Gasteiger partial charge in [0.05, 0.1) is 11.4 Å². The number of hydrogen-bond donors (Lipinski definition) is 1. The average Bonchev–Trinajstić information content (AvgIpc) is 2.33. The highest BCUT2D eigenvalue weighted by atomic mass is 32.2. The van der Waals surface area contributed by atoms with E-state index in [4.69, 9.17) is 0 Å². The maximum Gasteiger partial charge on any atom is 0.138 e. The zero-order valence-electron chi connectivity index (χ0n) is 12.2. The summed E-state index contributed by atoms with van der Waals surface area (Å²) in [5.74, 6) is 1.84. The highest BCUT2D eigenvalue weighted by molar-refractivity contribution is 7.99. The monoisotopic (exact) mass is 267 g/mol. The lowest BCUT2D eigenvalue weighted by Gasteiger charge is -2.20. The van der Waals surface area contributed by atoms with E-state index >= 15 is 0 Å². The summed E-state index contributed by atoms with van der Waals surface area (Å²) < 4.78 is 0. The first kappa shape index (κ1) is 15.4. The smallest absolute Gasteiger partial charge is 0.138 e. The standard InChI is InChI=1S/C14H25N3S/c1-6-11(2)18-10-13-15-8-7-12(17-13)9-16-14(3,4)5/h7-8,11,16H,6,9-10H2,1-5H3. The van der Waals surface area contributed by atoms with Gasteiger partial charge in [0.15, 0.2) is 0 Å². The SMILES string of the molecule is CCC(C)SCc1nccc(CNC(C)(C)C)n1. The molecule has 18 heavy (non-hydrogen) atoms. The van der Waals surface area contributed by atoms with Crippen LogP contribution in [0.1, 0.15) is 52.6 Å². The fourth-order valence-electron chi connectivity index (χ4n) is 1.30. The Labute approximate surface area is 115 Å². The van der Waals surface area contributed by atoms with Crippen molar-refractivity contribution in [2.75, 3.05) is 0 Å². The Morgan fingerprint density at radius 1 is 1.39 bits per heavy atom. The van der Waals surface area contributed by atoms with Crippen LogP contribution in [0, 0.1) is 0 Å². The predicted molar refractivity (Wildman–Crippen MR) is 79.7 cm³/mol. The maximum absolute atomic E-state index is 4.59. The van der Waals surface area contributed by atoms with Crippen molar-refractivity contribution in [1.82, 2.24) is 15.3 Å². The fraction of sp³-hybridized carbons (Fsp3) is 0.714. The molecule has 0 saturated carbocycles. The molecule has 0 aromatic carbocycles. The summed E-state index contributed by atoms with van der Waals surface area (Å²) in [6.07, 6.45) is 3.05. The van der Waals surface area contributed by atoms with Gasteiger partial charge in [-0.05, 0) is 33.3 Å². The molecule has 0 aliphatic heterocycles. The Morgan fingerprint density at radius 3 is 2.72 bits per heavy atom. The summed E-state index contributed by atoms with van der Waals surface area (Å²) in [6, 6.07) is 1.98. The molecule has 1 aromatic rings. The first-order valence-electron chi connectivity index (χ1n) is 6.58. The van der Waals surface area contributed by atoms with E-state index in [1.165, 1.54) is 6.42 Å². The predicted octanol–water partition coefficient (Wildman–Crippen LogP) is 3.40. The summed E-state index contributed by atoms with van der Waals surface area (Å²) in [5.41, 5.74) is 1.19. The van der Waals surface area contributed by atoms with Gasteiger partial charge >= 0.3 is 0 Å². The van der Waals surface area contributed by atoms with Crippen LogP contribution in [-0.2, 0) is 12.3 Å². The van der Waals surface area contributed by atoms with Crippen molar-refractivity contribution < 1.29 is 0 Å². The van der Waals surface area contributed by atoms with E-state index in [-0.39, 0.29) is 5.54 Å². The largest absolute Gasteiger partial charge is 0.306 e. The van der Waals surface area contributed by atoms with Gasteiger partial charge in [-0.15, -0.1) is 0 Å². The average molecular weight is 267 g/mol. The fourth-order valence-corrected chi connectivity index (χ4v) is 2.11. The van der Waals surface area contributed by atoms with Gasteiger partial charge in [-0.1, -0.05) is 13.8 Å². The van der Waals surface area contributed by atoms with Gasteiger partial charge in [0.1, 0.15) is 5.82 Å². The first-order valence-corrected chi connectivity index (χ1v) is 7.63. The molecule has 1 heterocycles. The third-order valence-corrected chi connectivity index (χ3v) is 3.96. The third kappa shape index (κ3) is 6.36. The topological polar surface area (TPSA) is 37.8 Å². The first-order chi connectivity index (χ1) is 8.40. The molecule has 102 valence electrons. The number of rotatable bonds is 6. The summed E-state index contributed by atoms with van der Waals surface area (Å²) in [6.45, 7) is 11.7. The highest BCUT2D eigenvalue weighted by Crippen LogP contribution is 2.17. The van der Waals surface area contributed by atoms with Crippen molar-refractivity contribution in [3.63, 3.8) is 0 Å². The molecule has 1 N–H and O–H groups in total. The number of aromatic nitrogens is 2. The van der Waals surface area contributed by atoms with Crippen LogP contribution in [0.4, 0.5) is 0 Å². The van der Waals surface area contributed by atoms with Crippen LogP contribution in [0.3, 0.4) is 0 Å². The second-order valence-corrected chi connectivity index (χ2v) is 7.02. The van der Waals surface area contributed by atoms with Gasteiger partial charge < -0.3 is 5.32 Å². The quantitative estimate of drug-likeness (QED) is 0.857. The van der Waals surface area contributed by atoms with Gasteiger partial charge in [0, 0.05) is 23.5 Å². The van der Waals surface area contributed by atoms with Crippen molar-refractivity contribution in [1.29, 1.82) is 0 Å². The minimum atomic E-state index is 0.122. The Kier molecular flexibility index (Phi) is 6.09. The number of nitrogens with one attached hydrogen (secondary N) is 1. The molecule has 1 unspecified atom stereocenters. The Hall–Kier alpha value is -0.610. The Balaban J connectivity index is 2.51. The second kappa shape index (κ2) is 7.10. The van der Waals surface area contributed by atoms with E-state index in [0.717, 1.165) is 23.8 Å². The molecule has 0 fully saturated rings. The number of nitrogens with zero attached hydrogens (tertiary/aromatic N) is 2. The molecule has 1 atom stereocenters. The molecular formula is C14H25N3S. The molecule has 3 nitrogen and oxygen atoms in total. The summed E-state index contributed by atoms with van der Waals surface area (Å²) in [5, 5.41) is 4.12. The minimum absolute atomic E-state index is 0.122. The maximum atomic E-state index is 4.59. The lowest BCUT2D eigenvalue weighted by atomic mass is 10.1. The Morgan fingerprint density at radius 2 is 2.11 bits per heavy atom. The molecular weight excluding hydrogens is 242 g/mol. The molecule has 0 aliphatic rings. The van der Waals surface area contributed by atoms with Gasteiger partial charge in [-0.2, -0.15) is 11.8 Å². The van der Waals surface area contributed by atoms with Crippen LogP contribution in [0.5, 0.6) is 0 Å². The van der Waals surface area contributed by atoms with E-state index in [1.807, 2.05) is 24.0 Å². The van der Waals surface area contributed by atoms with E-state index in [9.17, 15) is 0 Å². The van der Waals surface area contributed by atoms with Crippen LogP contribution in [-0.4, -0.2) is 20.8 Å². The molecule has 4 heteroatoms.